The van der Waals surface area contributed by atoms with Crippen LogP contribution in [0.5, 0.6) is 0 Å². The van der Waals surface area contributed by atoms with Gasteiger partial charge in [0.05, 0.1) is 0 Å². The van der Waals surface area contributed by atoms with Crippen LogP contribution in [0.15, 0.2) is 42.5 Å². The van der Waals surface area contributed by atoms with Crippen LogP contribution in [0.1, 0.15) is 45.6 Å². The van der Waals surface area contributed by atoms with Gasteiger partial charge < -0.3 is 4.57 Å². The van der Waals surface area contributed by atoms with Crippen molar-refractivity contribution in [3.05, 3.63) is 70.4 Å². The molecule has 116 valence electrons. The number of benzene rings is 2. The van der Waals surface area contributed by atoms with Crippen molar-refractivity contribution in [3.63, 3.8) is 0 Å². The van der Waals surface area contributed by atoms with Gasteiger partial charge in [0, 0.05) is 28.7 Å². The summed E-state index contributed by atoms with van der Waals surface area (Å²) in [5.74, 6) is 0. The van der Waals surface area contributed by atoms with Gasteiger partial charge in [-0.15, -0.1) is 0 Å². The number of hydrogen-bond donors (Lipinski definition) is 0. The highest BCUT2D eigenvalue weighted by molar-refractivity contribution is 5.86. The number of fused-ring (bicyclic) bond motifs is 3. The summed E-state index contributed by atoms with van der Waals surface area (Å²) in [5.41, 5.74) is 7.45. The van der Waals surface area contributed by atoms with E-state index >= 15 is 0 Å². The van der Waals surface area contributed by atoms with Crippen LogP contribution in [0.4, 0.5) is 0 Å². The molecule has 0 aliphatic heterocycles. The quantitative estimate of drug-likeness (QED) is 0.643. The molecule has 2 nitrogen and oxygen atoms in total. The zero-order valence-corrected chi connectivity index (χ0v) is 13.5. The summed E-state index contributed by atoms with van der Waals surface area (Å²) in [6.07, 6.45) is 5.85. The first-order valence-corrected chi connectivity index (χ1v) is 8.42. The molecule has 1 aliphatic carbocycles. The lowest BCUT2D eigenvalue weighted by Crippen LogP contribution is -2.11. The first-order valence-electron chi connectivity index (χ1n) is 8.42. The molecule has 0 spiro atoms. The molecule has 1 aliphatic rings. The van der Waals surface area contributed by atoms with Crippen LogP contribution in [-0.2, 0) is 19.4 Å². The van der Waals surface area contributed by atoms with E-state index in [1.165, 1.54) is 47.0 Å². The van der Waals surface area contributed by atoms with Gasteiger partial charge >= 0.3 is 0 Å². The van der Waals surface area contributed by atoms with E-state index in [0.29, 0.717) is 0 Å². The van der Waals surface area contributed by atoms with Crippen molar-refractivity contribution in [2.24, 2.45) is 0 Å². The van der Waals surface area contributed by atoms with Gasteiger partial charge in [0.25, 0.3) is 0 Å². The molecule has 4 rings (SSSR count). The summed E-state index contributed by atoms with van der Waals surface area (Å²) in [7, 11) is 0. The summed E-state index contributed by atoms with van der Waals surface area (Å²) in [6.45, 7) is 2.89. The standard InChI is InChI=1S/C21H21NO/c1-15-7-6-8-16(14-23)19(15)13-22-20-11-4-2-9-17(20)18-10-3-5-12-21(18)22/h2,4,6-9,11,14H,3,5,10,12-13H2,1H3. The van der Waals surface area contributed by atoms with Crippen molar-refractivity contribution >= 4 is 17.2 Å². The van der Waals surface area contributed by atoms with E-state index < -0.39 is 0 Å². The summed E-state index contributed by atoms with van der Waals surface area (Å²) in [4.78, 5) is 11.5. The molecule has 2 aromatic carbocycles. The molecule has 0 saturated carbocycles. The lowest BCUT2D eigenvalue weighted by atomic mass is 9.95. The lowest BCUT2D eigenvalue weighted by molar-refractivity contribution is 0.112. The average molecular weight is 303 g/mol. The van der Waals surface area contributed by atoms with E-state index in [9.17, 15) is 4.79 Å². The number of hydrogen-bond acceptors (Lipinski definition) is 1. The zero-order chi connectivity index (χ0) is 15.8. The summed E-state index contributed by atoms with van der Waals surface area (Å²) >= 11 is 0. The normalized spacial score (nSPS) is 14.0. The number of aromatic nitrogens is 1. The molecule has 0 bridgehead atoms. The Morgan fingerprint density at radius 1 is 1.04 bits per heavy atom. The number of rotatable bonds is 3. The molecule has 3 aromatic rings. The number of nitrogens with zero attached hydrogens (tertiary/aromatic N) is 1. The summed E-state index contributed by atoms with van der Waals surface area (Å²) < 4.78 is 2.44. The van der Waals surface area contributed by atoms with Crippen molar-refractivity contribution in [3.8, 4) is 0 Å². The molecular weight excluding hydrogens is 282 g/mol. The van der Waals surface area contributed by atoms with E-state index in [4.69, 9.17) is 0 Å². The Labute approximate surface area is 136 Å². The Morgan fingerprint density at radius 3 is 2.74 bits per heavy atom. The maximum Gasteiger partial charge on any atom is 0.150 e. The Kier molecular flexibility index (Phi) is 3.53. The van der Waals surface area contributed by atoms with Crippen LogP contribution in [0.3, 0.4) is 0 Å². The van der Waals surface area contributed by atoms with Crippen LogP contribution in [-0.4, -0.2) is 10.9 Å². The smallest absolute Gasteiger partial charge is 0.150 e. The number of aryl methyl sites for hydroxylation is 2. The first-order chi connectivity index (χ1) is 11.3. The Balaban J connectivity index is 1.92. The molecule has 0 radical (unpaired) electrons. The third-order valence-electron chi connectivity index (χ3n) is 5.17. The summed E-state index contributed by atoms with van der Waals surface area (Å²) in [5, 5.41) is 1.39. The topological polar surface area (TPSA) is 22.0 Å². The van der Waals surface area contributed by atoms with Gasteiger partial charge in [-0.1, -0.05) is 36.4 Å². The zero-order valence-electron chi connectivity index (χ0n) is 13.5. The van der Waals surface area contributed by atoms with Gasteiger partial charge in [-0.05, 0) is 55.4 Å². The maximum absolute atomic E-state index is 11.5. The van der Waals surface area contributed by atoms with E-state index in [2.05, 4.69) is 41.8 Å². The molecule has 1 heterocycles. The molecule has 1 aromatic heterocycles. The van der Waals surface area contributed by atoms with Crippen molar-refractivity contribution in [1.82, 2.24) is 4.57 Å². The highest BCUT2D eigenvalue weighted by Gasteiger charge is 2.20. The second-order valence-corrected chi connectivity index (χ2v) is 6.50. The molecule has 0 saturated heterocycles. The predicted molar refractivity (Wildman–Crippen MR) is 94.2 cm³/mol. The van der Waals surface area contributed by atoms with Crippen molar-refractivity contribution in [1.29, 1.82) is 0 Å². The highest BCUT2D eigenvalue weighted by Crippen LogP contribution is 2.33. The van der Waals surface area contributed by atoms with Crippen LogP contribution < -0.4 is 0 Å². The number of carbonyl (C=O) groups is 1. The van der Waals surface area contributed by atoms with Gasteiger partial charge in [0.15, 0.2) is 0 Å². The minimum absolute atomic E-state index is 0.788. The van der Waals surface area contributed by atoms with Gasteiger partial charge in [-0.2, -0.15) is 0 Å². The van der Waals surface area contributed by atoms with Crippen LogP contribution in [0.2, 0.25) is 0 Å². The van der Waals surface area contributed by atoms with Crippen molar-refractivity contribution < 1.29 is 4.79 Å². The third-order valence-corrected chi connectivity index (χ3v) is 5.17. The van der Waals surface area contributed by atoms with Crippen molar-refractivity contribution in [2.45, 2.75) is 39.2 Å². The number of carbonyl (C=O) groups excluding carboxylic acids is 1. The van der Waals surface area contributed by atoms with E-state index in [-0.39, 0.29) is 0 Å². The molecule has 0 fully saturated rings. The fraction of sp³-hybridized carbons (Fsp3) is 0.286. The second-order valence-electron chi connectivity index (χ2n) is 6.50. The van der Waals surface area contributed by atoms with Gasteiger partial charge in [-0.25, -0.2) is 0 Å². The molecule has 0 atom stereocenters. The lowest BCUT2D eigenvalue weighted by Gasteiger charge is -2.18. The largest absolute Gasteiger partial charge is 0.340 e. The number of aldehydes is 1. The van der Waals surface area contributed by atoms with Gasteiger partial charge in [0.1, 0.15) is 6.29 Å². The molecule has 0 unspecified atom stereocenters. The minimum atomic E-state index is 0.788. The molecule has 23 heavy (non-hydrogen) atoms. The SMILES string of the molecule is Cc1cccc(C=O)c1Cn1c2c(c3ccccc31)CCCC2. The number of para-hydroxylation sites is 1. The second kappa shape index (κ2) is 5.69. The summed E-state index contributed by atoms with van der Waals surface area (Å²) in [6, 6.07) is 14.7. The van der Waals surface area contributed by atoms with Crippen LogP contribution in [0.25, 0.3) is 10.9 Å². The Bertz CT molecular complexity index is 888. The van der Waals surface area contributed by atoms with E-state index in [0.717, 1.165) is 30.4 Å². The predicted octanol–water partition coefficient (Wildman–Crippen LogP) is 4.69. The average Bonchev–Trinajstić information content (AvgIpc) is 2.91. The maximum atomic E-state index is 11.5. The van der Waals surface area contributed by atoms with Crippen LogP contribution in [0, 0.1) is 6.92 Å². The monoisotopic (exact) mass is 303 g/mol. The van der Waals surface area contributed by atoms with E-state index in [1.807, 2.05) is 12.1 Å². The van der Waals surface area contributed by atoms with Gasteiger partial charge in [-0.3, -0.25) is 4.79 Å². The van der Waals surface area contributed by atoms with Crippen LogP contribution >= 0.6 is 0 Å². The minimum Gasteiger partial charge on any atom is -0.340 e. The molecule has 0 N–H and O–H groups in total. The molecule has 0 amide bonds. The fourth-order valence-corrected chi connectivity index (χ4v) is 3.98. The molecular formula is C21H21NO. The third kappa shape index (κ3) is 2.29. The highest BCUT2D eigenvalue weighted by atomic mass is 16.1. The van der Waals surface area contributed by atoms with E-state index in [1.54, 1.807) is 0 Å². The Morgan fingerprint density at radius 2 is 1.87 bits per heavy atom. The van der Waals surface area contributed by atoms with Gasteiger partial charge in [0.2, 0.25) is 0 Å². The fourth-order valence-electron chi connectivity index (χ4n) is 3.98. The first kappa shape index (κ1) is 14.3. The Hall–Kier alpha value is -2.35. The molecule has 2 heteroatoms. The van der Waals surface area contributed by atoms with Crippen molar-refractivity contribution in [2.75, 3.05) is 0 Å².